The van der Waals surface area contributed by atoms with Crippen LogP contribution in [0.3, 0.4) is 0 Å². The Labute approximate surface area is 237 Å². The van der Waals surface area contributed by atoms with Gasteiger partial charge in [0.15, 0.2) is 5.82 Å². The Balaban J connectivity index is 1.35. The van der Waals surface area contributed by atoms with Crippen molar-refractivity contribution >= 4 is 47.4 Å². The number of thioether (sulfide) groups is 1. The summed E-state index contributed by atoms with van der Waals surface area (Å²) < 4.78 is 44.8. The molecular weight excluding hydrogens is 567 g/mol. The van der Waals surface area contributed by atoms with Gasteiger partial charge < -0.3 is 29.8 Å². The first-order valence-electron chi connectivity index (χ1n) is 12.9. The van der Waals surface area contributed by atoms with Crippen molar-refractivity contribution in [3.05, 3.63) is 46.3 Å². The summed E-state index contributed by atoms with van der Waals surface area (Å²) in [6.07, 6.45) is 1.41. The number of amides is 2. The Bertz CT molecular complexity index is 1380. The molecule has 41 heavy (non-hydrogen) atoms. The van der Waals surface area contributed by atoms with Crippen LogP contribution in [0.15, 0.2) is 29.1 Å². The van der Waals surface area contributed by atoms with Crippen molar-refractivity contribution in [1.29, 1.82) is 0 Å². The Morgan fingerprint density at radius 1 is 1.20 bits per heavy atom. The van der Waals surface area contributed by atoms with E-state index in [-0.39, 0.29) is 54.3 Å². The van der Waals surface area contributed by atoms with E-state index >= 15 is 8.78 Å². The smallest absolute Gasteiger partial charge is 0.352 e. The number of carbonyl (C=O) groups excluding carboxylic acids is 2. The van der Waals surface area contributed by atoms with E-state index in [0.717, 1.165) is 6.07 Å². The van der Waals surface area contributed by atoms with Crippen molar-refractivity contribution < 1.29 is 47.0 Å². The van der Waals surface area contributed by atoms with Gasteiger partial charge in [-0.2, -0.15) is 0 Å². The second-order valence-corrected chi connectivity index (χ2v) is 11.8. The molecule has 5 rings (SSSR count). The SMILES string of the molecule is C[N+]1(CC2=C(C(=O)O)N3C(=O)[C@@H](NC=O)[C@H]3SC2)CCN(c2c(F)cc3c(c2F)N(CCF)C=C(C(=O)O)C3)CC1. The number of alkyl halides is 1. The molecule has 4 aliphatic heterocycles. The lowest BCUT2D eigenvalue weighted by atomic mass is 9.97. The zero-order valence-corrected chi connectivity index (χ0v) is 22.9. The predicted molar refractivity (Wildman–Crippen MR) is 143 cm³/mol. The van der Waals surface area contributed by atoms with Crippen LogP contribution in [0.1, 0.15) is 5.56 Å². The number of carboxylic acid groups (broad SMARTS) is 2. The number of rotatable bonds is 9. The predicted octanol–water partition coefficient (Wildman–Crippen LogP) is 0.900. The molecule has 0 saturated carbocycles. The van der Waals surface area contributed by atoms with Crippen molar-refractivity contribution in [1.82, 2.24) is 10.2 Å². The number of nitrogens with one attached hydrogen (secondary N) is 1. The largest absolute Gasteiger partial charge is 0.478 e. The number of nitrogens with zero attached hydrogens (tertiary/aromatic N) is 4. The van der Waals surface area contributed by atoms with Crippen LogP contribution in [-0.4, -0.2) is 114 Å². The number of carbonyl (C=O) groups is 4. The van der Waals surface area contributed by atoms with Gasteiger partial charge in [0.25, 0.3) is 5.91 Å². The van der Waals surface area contributed by atoms with E-state index in [2.05, 4.69) is 5.32 Å². The van der Waals surface area contributed by atoms with Gasteiger partial charge in [-0.15, -0.1) is 11.8 Å². The van der Waals surface area contributed by atoms with Gasteiger partial charge in [0.1, 0.15) is 41.8 Å². The molecule has 0 unspecified atom stereocenters. The molecule has 220 valence electrons. The fourth-order valence-electron chi connectivity index (χ4n) is 5.97. The van der Waals surface area contributed by atoms with Crippen LogP contribution in [0.25, 0.3) is 0 Å². The van der Waals surface area contributed by atoms with E-state index in [1.807, 2.05) is 7.05 Å². The number of quaternary nitrogens is 1. The van der Waals surface area contributed by atoms with Gasteiger partial charge in [-0.3, -0.25) is 14.5 Å². The number of likely N-dealkylation sites (N-methyl/N-ethyl adjacent to an activating group) is 1. The molecule has 2 saturated heterocycles. The fraction of sp³-hybridized carbons (Fsp3) is 0.462. The van der Waals surface area contributed by atoms with Crippen molar-refractivity contribution in [2.75, 3.05) is 68.5 Å². The minimum atomic E-state index is -1.25. The number of β-lactam (4-membered cyclic amide) rings is 1. The summed E-state index contributed by atoms with van der Waals surface area (Å²) in [5.74, 6) is -4.34. The summed E-state index contributed by atoms with van der Waals surface area (Å²) in [6, 6.07) is 0.337. The molecule has 2 atom stereocenters. The maximum atomic E-state index is 15.8. The van der Waals surface area contributed by atoms with Crippen LogP contribution in [0, 0.1) is 11.6 Å². The van der Waals surface area contributed by atoms with Crippen molar-refractivity contribution in [3.63, 3.8) is 0 Å². The van der Waals surface area contributed by atoms with Gasteiger partial charge in [0.05, 0.1) is 51.0 Å². The molecule has 15 heteroatoms. The average Bonchev–Trinajstić information content (AvgIpc) is 2.92. The molecule has 4 aliphatic rings. The maximum absolute atomic E-state index is 15.8. The third-order valence-electron chi connectivity index (χ3n) is 8.03. The third-order valence-corrected chi connectivity index (χ3v) is 9.37. The molecule has 11 nitrogen and oxygen atoms in total. The van der Waals surface area contributed by atoms with E-state index in [1.54, 1.807) is 4.90 Å². The second kappa shape index (κ2) is 10.9. The van der Waals surface area contributed by atoms with Gasteiger partial charge in [-0.05, 0) is 11.6 Å². The molecule has 2 fully saturated rings. The van der Waals surface area contributed by atoms with Crippen molar-refractivity contribution in [2.24, 2.45) is 0 Å². The van der Waals surface area contributed by atoms with E-state index in [1.165, 1.54) is 27.8 Å². The van der Waals surface area contributed by atoms with E-state index in [9.17, 15) is 33.8 Å². The van der Waals surface area contributed by atoms with Crippen LogP contribution in [0.5, 0.6) is 0 Å². The summed E-state index contributed by atoms with van der Waals surface area (Å²) in [5.41, 5.74) is 0.203. The number of hydrogen-bond donors (Lipinski definition) is 3. The maximum Gasteiger partial charge on any atom is 0.352 e. The van der Waals surface area contributed by atoms with Gasteiger partial charge in [-0.25, -0.2) is 22.8 Å². The molecule has 0 aliphatic carbocycles. The molecule has 0 radical (unpaired) electrons. The lowest BCUT2D eigenvalue weighted by molar-refractivity contribution is -0.905. The highest BCUT2D eigenvalue weighted by Gasteiger charge is 2.54. The molecule has 3 N–H and O–H groups in total. The molecule has 0 spiro atoms. The van der Waals surface area contributed by atoms with Crippen LogP contribution >= 0.6 is 11.8 Å². The standard InChI is InChI=1S/C26H28F3N5O6S/c1-34(11-16-12-41-24-19(30-13-35)23(36)33(24)21(16)26(39)40)6-4-31(5-7-34)22-17(28)9-14-8-15(25(37)38)10-32(3-2-27)20(14)18(22)29/h9-10,13,19,24H,2-8,11-12H2,1H3,(H2-,30,35,37,38,39,40)/p+1/t19-,24-/m1/s1. The molecule has 1 aromatic rings. The number of fused-ring (bicyclic) bond motifs is 2. The van der Waals surface area contributed by atoms with Gasteiger partial charge in [-0.1, -0.05) is 0 Å². The zero-order chi connectivity index (χ0) is 29.6. The molecule has 2 amide bonds. The fourth-order valence-corrected chi connectivity index (χ4v) is 7.32. The quantitative estimate of drug-likeness (QED) is 0.216. The molecule has 0 bridgehead atoms. The molecule has 1 aromatic carbocycles. The monoisotopic (exact) mass is 596 g/mol. The summed E-state index contributed by atoms with van der Waals surface area (Å²) in [5, 5.41) is 21.2. The number of hydrogen-bond acceptors (Lipinski definition) is 7. The third kappa shape index (κ3) is 5.01. The summed E-state index contributed by atoms with van der Waals surface area (Å²) in [6.45, 7) is 0.476. The number of halogens is 3. The highest BCUT2D eigenvalue weighted by Crippen LogP contribution is 2.42. The Kier molecular flexibility index (Phi) is 7.68. The highest BCUT2D eigenvalue weighted by atomic mass is 32.2. The highest BCUT2D eigenvalue weighted by molar-refractivity contribution is 8.00. The number of benzene rings is 1. The van der Waals surface area contributed by atoms with Gasteiger partial charge in [0.2, 0.25) is 6.41 Å². The molecular formula is C26H29F3N5O6S+. The molecule has 0 aromatic heterocycles. The second-order valence-electron chi connectivity index (χ2n) is 10.7. The zero-order valence-electron chi connectivity index (χ0n) is 22.1. The average molecular weight is 597 g/mol. The first kappa shape index (κ1) is 28.8. The van der Waals surface area contributed by atoms with E-state index in [0.29, 0.717) is 41.9 Å². The number of anilines is 2. The van der Waals surface area contributed by atoms with E-state index in [4.69, 9.17) is 0 Å². The first-order chi connectivity index (χ1) is 19.5. The lowest BCUT2D eigenvalue weighted by Gasteiger charge is -2.50. The van der Waals surface area contributed by atoms with Crippen molar-refractivity contribution in [3.8, 4) is 0 Å². The minimum absolute atomic E-state index is 0.0431. The van der Waals surface area contributed by atoms with Crippen molar-refractivity contribution in [2.45, 2.75) is 17.8 Å². The Morgan fingerprint density at radius 3 is 2.51 bits per heavy atom. The number of carboxylic acids is 2. The van der Waals surface area contributed by atoms with Crippen LogP contribution in [0.4, 0.5) is 24.5 Å². The van der Waals surface area contributed by atoms with Crippen LogP contribution in [0.2, 0.25) is 0 Å². The lowest BCUT2D eigenvalue weighted by Crippen LogP contribution is -2.70. The van der Waals surface area contributed by atoms with E-state index < -0.39 is 47.6 Å². The summed E-state index contributed by atoms with van der Waals surface area (Å²) >= 11 is 1.37. The Morgan fingerprint density at radius 2 is 1.90 bits per heavy atom. The normalized spacial score (nSPS) is 23.4. The number of piperazine rings is 1. The minimum Gasteiger partial charge on any atom is -0.478 e. The number of aliphatic carboxylic acids is 2. The summed E-state index contributed by atoms with van der Waals surface area (Å²) in [4.78, 5) is 51.0. The molecule has 4 heterocycles. The first-order valence-corrected chi connectivity index (χ1v) is 14.0. The van der Waals surface area contributed by atoms with Gasteiger partial charge >= 0.3 is 11.9 Å². The summed E-state index contributed by atoms with van der Waals surface area (Å²) in [7, 11) is 1.91. The topological polar surface area (TPSA) is 130 Å². The van der Waals surface area contributed by atoms with Crippen LogP contribution in [-0.2, 0) is 25.6 Å². The Hall–Kier alpha value is -3.72. The van der Waals surface area contributed by atoms with Gasteiger partial charge in [0, 0.05) is 23.9 Å². The van der Waals surface area contributed by atoms with Crippen LogP contribution < -0.4 is 15.1 Å².